The fraction of sp³-hybridized carbons (Fsp3) is 0.526. The molecule has 0 bridgehead atoms. The Balaban J connectivity index is 1.95. The third-order valence-electron chi connectivity index (χ3n) is 4.62. The normalized spacial score (nSPS) is 17.2. The number of rotatable bonds is 6. The van der Waals surface area contributed by atoms with Crippen molar-refractivity contribution in [3.8, 4) is 5.75 Å². The second kappa shape index (κ2) is 8.85. The largest absolute Gasteiger partial charge is 0.496 e. The van der Waals surface area contributed by atoms with Gasteiger partial charge in [-0.2, -0.15) is 0 Å². The summed E-state index contributed by atoms with van der Waals surface area (Å²) >= 11 is 0. The first-order chi connectivity index (χ1) is 11.6. The van der Waals surface area contributed by atoms with Crippen molar-refractivity contribution in [2.75, 3.05) is 39.9 Å². The minimum Gasteiger partial charge on any atom is -0.496 e. The van der Waals surface area contributed by atoms with Crippen LogP contribution in [0.2, 0.25) is 0 Å². The van der Waals surface area contributed by atoms with Crippen LogP contribution < -0.4 is 4.74 Å². The van der Waals surface area contributed by atoms with Crippen LogP contribution in [-0.4, -0.2) is 66.8 Å². The van der Waals surface area contributed by atoms with Crippen molar-refractivity contribution in [3.05, 3.63) is 35.4 Å². The maximum Gasteiger partial charge on any atom is 0.246 e. The quantitative estimate of drug-likeness (QED) is 0.809. The highest BCUT2D eigenvalue weighted by Crippen LogP contribution is 2.21. The lowest BCUT2D eigenvalue weighted by atomic mass is 10.1. The van der Waals surface area contributed by atoms with E-state index in [1.807, 2.05) is 36.1 Å². The minimum absolute atomic E-state index is 0.0234. The third kappa shape index (κ3) is 4.58. The lowest BCUT2D eigenvalue weighted by molar-refractivity contribution is -0.128. The van der Waals surface area contributed by atoms with Crippen LogP contribution in [-0.2, 0) is 4.79 Å². The summed E-state index contributed by atoms with van der Waals surface area (Å²) in [5.74, 6) is 0.790. The molecule has 0 saturated carbocycles. The van der Waals surface area contributed by atoms with Crippen molar-refractivity contribution >= 4 is 12.0 Å². The van der Waals surface area contributed by atoms with Crippen LogP contribution in [0.1, 0.15) is 24.5 Å². The SMILES string of the molecule is CCC(CO)N1CCN(C(=O)/C=C/c2cc(C)ccc2OC)CC1. The number of carbonyl (C=O) groups is 1. The molecule has 5 heteroatoms. The molecule has 0 radical (unpaired) electrons. The Morgan fingerprint density at radius 1 is 1.33 bits per heavy atom. The van der Waals surface area contributed by atoms with Gasteiger partial charge in [0.25, 0.3) is 0 Å². The van der Waals surface area contributed by atoms with E-state index < -0.39 is 0 Å². The molecule has 5 nitrogen and oxygen atoms in total. The summed E-state index contributed by atoms with van der Waals surface area (Å²) in [7, 11) is 1.63. The zero-order valence-electron chi connectivity index (χ0n) is 14.9. The smallest absolute Gasteiger partial charge is 0.246 e. The molecule has 0 spiro atoms. The van der Waals surface area contributed by atoms with Gasteiger partial charge in [-0.15, -0.1) is 0 Å². The average Bonchev–Trinajstić information content (AvgIpc) is 2.61. The molecule has 24 heavy (non-hydrogen) atoms. The van der Waals surface area contributed by atoms with Gasteiger partial charge in [0, 0.05) is 43.9 Å². The number of ether oxygens (including phenoxy) is 1. The first-order valence-corrected chi connectivity index (χ1v) is 8.55. The molecule has 1 saturated heterocycles. The van der Waals surface area contributed by atoms with Gasteiger partial charge in [-0.1, -0.05) is 18.6 Å². The van der Waals surface area contributed by atoms with Gasteiger partial charge >= 0.3 is 0 Å². The van der Waals surface area contributed by atoms with E-state index in [1.54, 1.807) is 13.2 Å². The lowest BCUT2D eigenvalue weighted by Gasteiger charge is -2.38. The van der Waals surface area contributed by atoms with Crippen LogP contribution in [0.25, 0.3) is 6.08 Å². The van der Waals surface area contributed by atoms with E-state index in [1.165, 1.54) is 0 Å². The highest BCUT2D eigenvalue weighted by Gasteiger charge is 2.23. The van der Waals surface area contributed by atoms with E-state index in [-0.39, 0.29) is 18.6 Å². The molecule has 1 fully saturated rings. The maximum absolute atomic E-state index is 12.4. The number of carbonyl (C=O) groups excluding carboxylic acids is 1. The van der Waals surface area contributed by atoms with Gasteiger partial charge in [-0.25, -0.2) is 0 Å². The summed E-state index contributed by atoms with van der Waals surface area (Å²) in [5.41, 5.74) is 2.04. The Labute approximate surface area is 144 Å². The summed E-state index contributed by atoms with van der Waals surface area (Å²) in [6.07, 6.45) is 4.37. The van der Waals surface area contributed by atoms with Crippen molar-refractivity contribution in [1.29, 1.82) is 0 Å². The molecule has 1 aliphatic rings. The zero-order chi connectivity index (χ0) is 17.5. The van der Waals surface area contributed by atoms with Gasteiger partial charge in [0.1, 0.15) is 5.75 Å². The number of hydrogen-bond donors (Lipinski definition) is 1. The fourth-order valence-corrected chi connectivity index (χ4v) is 3.06. The number of nitrogens with zero attached hydrogens (tertiary/aromatic N) is 2. The number of methoxy groups -OCH3 is 1. The van der Waals surface area contributed by atoms with E-state index in [0.29, 0.717) is 13.1 Å². The van der Waals surface area contributed by atoms with E-state index in [9.17, 15) is 9.90 Å². The summed E-state index contributed by atoms with van der Waals surface area (Å²) in [4.78, 5) is 16.5. The van der Waals surface area contributed by atoms with Crippen LogP contribution in [0.3, 0.4) is 0 Å². The molecule has 1 aromatic carbocycles. The number of piperazine rings is 1. The van der Waals surface area contributed by atoms with Gasteiger partial charge in [0.15, 0.2) is 0 Å². The molecule has 0 aromatic heterocycles. The molecule has 1 aliphatic heterocycles. The maximum atomic E-state index is 12.4. The second-order valence-corrected chi connectivity index (χ2v) is 6.18. The first-order valence-electron chi connectivity index (χ1n) is 8.55. The molecule has 1 aromatic rings. The van der Waals surface area contributed by atoms with Gasteiger partial charge < -0.3 is 14.7 Å². The van der Waals surface area contributed by atoms with Crippen LogP contribution in [0, 0.1) is 6.92 Å². The van der Waals surface area contributed by atoms with E-state index >= 15 is 0 Å². The molecule has 1 unspecified atom stereocenters. The Kier molecular flexibility index (Phi) is 6.82. The molecule has 0 aliphatic carbocycles. The highest BCUT2D eigenvalue weighted by atomic mass is 16.5. The van der Waals surface area contributed by atoms with Crippen molar-refractivity contribution < 1.29 is 14.6 Å². The number of aliphatic hydroxyl groups excluding tert-OH is 1. The van der Waals surface area contributed by atoms with E-state index in [4.69, 9.17) is 4.74 Å². The summed E-state index contributed by atoms with van der Waals surface area (Å²) in [6.45, 7) is 7.30. The zero-order valence-corrected chi connectivity index (χ0v) is 14.9. The summed E-state index contributed by atoms with van der Waals surface area (Å²) in [5, 5.41) is 9.39. The van der Waals surface area contributed by atoms with E-state index in [2.05, 4.69) is 11.8 Å². The van der Waals surface area contributed by atoms with Crippen LogP contribution in [0.5, 0.6) is 5.75 Å². The molecule has 1 amide bonds. The second-order valence-electron chi connectivity index (χ2n) is 6.18. The summed E-state index contributed by atoms with van der Waals surface area (Å²) < 4.78 is 5.34. The van der Waals surface area contributed by atoms with Gasteiger partial charge in [-0.3, -0.25) is 9.69 Å². The van der Waals surface area contributed by atoms with Crippen molar-refractivity contribution in [1.82, 2.24) is 9.80 Å². The Morgan fingerprint density at radius 2 is 2.04 bits per heavy atom. The van der Waals surface area contributed by atoms with Crippen LogP contribution in [0.4, 0.5) is 0 Å². The minimum atomic E-state index is 0.0234. The number of aliphatic hydroxyl groups is 1. The standard InChI is InChI=1S/C19H28N2O3/c1-4-17(14-22)20-9-11-21(12-10-20)19(23)8-6-16-13-15(2)5-7-18(16)24-3/h5-8,13,17,22H,4,9-12,14H2,1-3H3/b8-6+. The Hall–Kier alpha value is -1.85. The molecule has 132 valence electrons. The van der Waals surface area contributed by atoms with Crippen molar-refractivity contribution in [3.63, 3.8) is 0 Å². The molecule has 1 atom stereocenters. The average molecular weight is 332 g/mol. The predicted octanol–water partition coefficient (Wildman–Crippen LogP) is 1.93. The molecule has 1 heterocycles. The number of amides is 1. The van der Waals surface area contributed by atoms with Crippen LogP contribution >= 0.6 is 0 Å². The number of aryl methyl sites for hydroxylation is 1. The lowest BCUT2D eigenvalue weighted by Crippen LogP contribution is -2.52. The molecule has 2 rings (SSSR count). The number of benzene rings is 1. The van der Waals surface area contributed by atoms with Gasteiger partial charge in [-0.05, 0) is 31.6 Å². The third-order valence-corrected chi connectivity index (χ3v) is 4.62. The Morgan fingerprint density at radius 3 is 2.62 bits per heavy atom. The first kappa shape index (κ1) is 18.5. The predicted molar refractivity (Wildman–Crippen MR) is 96.1 cm³/mol. The molecular weight excluding hydrogens is 304 g/mol. The van der Waals surface area contributed by atoms with Gasteiger partial charge in [0.05, 0.1) is 13.7 Å². The molecule has 1 N–H and O–H groups in total. The van der Waals surface area contributed by atoms with E-state index in [0.717, 1.165) is 36.4 Å². The summed E-state index contributed by atoms with van der Waals surface area (Å²) in [6, 6.07) is 6.11. The number of hydrogen-bond acceptors (Lipinski definition) is 4. The van der Waals surface area contributed by atoms with Crippen molar-refractivity contribution in [2.24, 2.45) is 0 Å². The highest BCUT2D eigenvalue weighted by molar-refractivity contribution is 5.92. The Bertz CT molecular complexity index is 574. The topological polar surface area (TPSA) is 53.0 Å². The van der Waals surface area contributed by atoms with Crippen LogP contribution in [0.15, 0.2) is 24.3 Å². The monoisotopic (exact) mass is 332 g/mol. The fourth-order valence-electron chi connectivity index (χ4n) is 3.06. The van der Waals surface area contributed by atoms with Crippen molar-refractivity contribution in [2.45, 2.75) is 26.3 Å². The van der Waals surface area contributed by atoms with Gasteiger partial charge in [0.2, 0.25) is 5.91 Å². The molecular formula is C19H28N2O3.